The highest BCUT2D eigenvalue weighted by Gasteiger charge is 2.38. The van der Waals surface area contributed by atoms with Crippen molar-refractivity contribution in [2.45, 2.75) is 18.4 Å². The van der Waals surface area contributed by atoms with E-state index in [1.807, 2.05) is 0 Å². The zero-order valence-electron chi connectivity index (χ0n) is 8.29. The fourth-order valence-electron chi connectivity index (χ4n) is 1.52. The Morgan fingerprint density at radius 2 is 2.25 bits per heavy atom. The van der Waals surface area contributed by atoms with E-state index in [1.165, 1.54) is 6.20 Å². The molecular formula is C9H11N3O4. The van der Waals surface area contributed by atoms with E-state index < -0.39 is 29.6 Å². The van der Waals surface area contributed by atoms with Crippen molar-refractivity contribution in [2.75, 3.05) is 0 Å². The summed E-state index contributed by atoms with van der Waals surface area (Å²) < 4.78 is 6.22. The van der Waals surface area contributed by atoms with E-state index in [0.717, 1.165) is 10.6 Å². The van der Waals surface area contributed by atoms with Crippen LogP contribution in [-0.2, 0) is 4.74 Å². The molecule has 1 aliphatic heterocycles. The standard InChI is InChI=1S/C9H11N3O4/c1-4-6(10)7(14)8(16-4)12-3-2-5(13)11-9(12)15/h2-3,6-8,14H,1,10H2,(H,11,13,15)/t6-,7-,8-/m1/s1. The average Bonchev–Trinajstić information content (AvgIpc) is 2.46. The molecule has 2 rings (SSSR count). The van der Waals surface area contributed by atoms with Gasteiger partial charge in [0.2, 0.25) is 6.23 Å². The van der Waals surface area contributed by atoms with Crippen molar-refractivity contribution in [1.29, 1.82) is 0 Å². The molecule has 4 N–H and O–H groups in total. The van der Waals surface area contributed by atoms with Gasteiger partial charge in [0, 0.05) is 12.3 Å². The second kappa shape index (κ2) is 3.62. The van der Waals surface area contributed by atoms with E-state index in [4.69, 9.17) is 10.5 Å². The third kappa shape index (κ3) is 1.55. The zero-order valence-corrected chi connectivity index (χ0v) is 8.29. The van der Waals surface area contributed by atoms with Crippen LogP contribution in [0.25, 0.3) is 0 Å². The summed E-state index contributed by atoms with van der Waals surface area (Å²) in [6.45, 7) is 3.51. The molecule has 0 aliphatic carbocycles. The molecule has 7 heteroatoms. The minimum absolute atomic E-state index is 0.204. The predicted molar refractivity (Wildman–Crippen MR) is 54.6 cm³/mol. The molecule has 0 spiro atoms. The quantitative estimate of drug-likeness (QED) is 0.526. The monoisotopic (exact) mass is 225 g/mol. The molecule has 0 aromatic carbocycles. The largest absolute Gasteiger partial charge is 0.470 e. The van der Waals surface area contributed by atoms with Gasteiger partial charge in [0.1, 0.15) is 11.9 Å². The van der Waals surface area contributed by atoms with Gasteiger partial charge < -0.3 is 15.6 Å². The van der Waals surface area contributed by atoms with E-state index >= 15 is 0 Å². The van der Waals surface area contributed by atoms with Crippen LogP contribution < -0.4 is 17.0 Å². The van der Waals surface area contributed by atoms with Gasteiger partial charge in [-0.2, -0.15) is 0 Å². The lowest BCUT2D eigenvalue weighted by Gasteiger charge is -2.16. The maximum Gasteiger partial charge on any atom is 0.331 e. The van der Waals surface area contributed by atoms with Gasteiger partial charge in [-0.3, -0.25) is 14.3 Å². The Balaban J connectivity index is 2.43. The topological polar surface area (TPSA) is 110 Å². The first-order chi connectivity index (χ1) is 7.50. The van der Waals surface area contributed by atoms with E-state index in [0.29, 0.717) is 0 Å². The predicted octanol–water partition coefficient (Wildman–Crippen LogP) is -1.73. The van der Waals surface area contributed by atoms with Crippen LogP contribution in [0.1, 0.15) is 6.23 Å². The van der Waals surface area contributed by atoms with Crippen LogP contribution in [0.5, 0.6) is 0 Å². The Morgan fingerprint density at radius 1 is 1.56 bits per heavy atom. The Labute approximate surface area is 89.8 Å². The van der Waals surface area contributed by atoms with Crippen molar-refractivity contribution in [3.8, 4) is 0 Å². The van der Waals surface area contributed by atoms with Crippen molar-refractivity contribution in [1.82, 2.24) is 9.55 Å². The number of aromatic amines is 1. The Morgan fingerprint density at radius 3 is 2.75 bits per heavy atom. The van der Waals surface area contributed by atoms with Gasteiger partial charge >= 0.3 is 5.69 Å². The number of hydrogen-bond acceptors (Lipinski definition) is 5. The Bertz CT molecular complexity index is 532. The number of nitrogens with zero attached hydrogens (tertiary/aromatic N) is 1. The molecule has 2 heterocycles. The van der Waals surface area contributed by atoms with Gasteiger partial charge in [-0.15, -0.1) is 0 Å². The number of aromatic nitrogens is 2. The van der Waals surface area contributed by atoms with Crippen LogP contribution in [0.2, 0.25) is 0 Å². The normalized spacial score (nSPS) is 29.1. The Kier molecular flexibility index (Phi) is 2.41. The summed E-state index contributed by atoms with van der Waals surface area (Å²) >= 11 is 0. The molecular weight excluding hydrogens is 214 g/mol. The first kappa shape index (κ1) is 10.7. The minimum atomic E-state index is -1.07. The number of ether oxygens (including phenoxy) is 1. The summed E-state index contributed by atoms with van der Waals surface area (Å²) in [7, 11) is 0. The molecule has 1 fully saturated rings. The molecule has 0 bridgehead atoms. The lowest BCUT2D eigenvalue weighted by atomic mass is 10.2. The minimum Gasteiger partial charge on any atom is -0.470 e. The number of hydrogen-bond donors (Lipinski definition) is 3. The SMILES string of the molecule is C=C1O[C@@H](n2ccc(=O)[nH]c2=O)[C@H](O)[C@@H]1N. The van der Waals surface area contributed by atoms with E-state index in [-0.39, 0.29) is 5.76 Å². The summed E-state index contributed by atoms with van der Waals surface area (Å²) in [5, 5.41) is 9.71. The van der Waals surface area contributed by atoms with Gasteiger partial charge in [-0.1, -0.05) is 6.58 Å². The van der Waals surface area contributed by atoms with E-state index in [1.54, 1.807) is 0 Å². The zero-order chi connectivity index (χ0) is 11.9. The molecule has 0 saturated carbocycles. The maximum absolute atomic E-state index is 11.4. The third-order valence-electron chi connectivity index (χ3n) is 2.43. The summed E-state index contributed by atoms with van der Waals surface area (Å²) in [4.78, 5) is 24.3. The lowest BCUT2D eigenvalue weighted by molar-refractivity contribution is 0.00332. The molecule has 0 amide bonds. The van der Waals surface area contributed by atoms with E-state index in [9.17, 15) is 14.7 Å². The first-order valence-electron chi connectivity index (χ1n) is 4.61. The second-order valence-electron chi connectivity index (χ2n) is 3.51. The van der Waals surface area contributed by atoms with Crippen LogP contribution in [0, 0.1) is 0 Å². The van der Waals surface area contributed by atoms with Crippen molar-refractivity contribution < 1.29 is 9.84 Å². The van der Waals surface area contributed by atoms with Crippen LogP contribution in [0.3, 0.4) is 0 Å². The Hall–Kier alpha value is -1.86. The average molecular weight is 225 g/mol. The molecule has 0 unspecified atom stereocenters. The summed E-state index contributed by atoms with van der Waals surface area (Å²) in [6.07, 6.45) is -0.789. The first-order valence-corrected chi connectivity index (χ1v) is 4.61. The van der Waals surface area contributed by atoms with Crippen molar-refractivity contribution in [3.63, 3.8) is 0 Å². The van der Waals surface area contributed by atoms with Crippen molar-refractivity contribution >= 4 is 0 Å². The van der Waals surface area contributed by atoms with Gasteiger partial charge in [-0.05, 0) is 0 Å². The number of nitrogens with one attached hydrogen (secondary N) is 1. The number of rotatable bonds is 1. The summed E-state index contributed by atoms with van der Waals surface area (Å²) in [5.41, 5.74) is 4.38. The number of nitrogens with two attached hydrogens (primary N) is 1. The number of H-pyrrole nitrogens is 1. The van der Waals surface area contributed by atoms with Crippen LogP contribution in [0.4, 0.5) is 0 Å². The molecule has 0 radical (unpaired) electrons. The molecule has 1 aliphatic rings. The van der Waals surface area contributed by atoms with E-state index in [2.05, 4.69) is 11.6 Å². The highest BCUT2D eigenvalue weighted by atomic mass is 16.5. The van der Waals surface area contributed by atoms with Gasteiger partial charge in [-0.25, -0.2) is 4.79 Å². The third-order valence-corrected chi connectivity index (χ3v) is 2.43. The smallest absolute Gasteiger partial charge is 0.331 e. The summed E-state index contributed by atoms with van der Waals surface area (Å²) in [6, 6.07) is 0.410. The van der Waals surface area contributed by atoms with Crippen LogP contribution >= 0.6 is 0 Å². The fraction of sp³-hybridized carbons (Fsp3) is 0.333. The van der Waals surface area contributed by atoms with Gasteiger partial charge in [0.05, 0.1) is 6.04 Å². The molecule has 86 valence electrons. The number of aliphatic hydroxyl groups excluding tert-OH is 1. The van der Waals surface area contributed by atoms with Crippen LogP contribution in [-0.4, -0.2) is 26.8 Å². The van der Waals surface area contributed by atoms with Crippen molar-refractivity contribution in [3.05, 3.63) is 45.4 Å². The molecule has 1 aromatic heterocycles. The molecule has 7 nitrogen and oxygen atoms in total. The number of aliphatic hydroxyl groups is 1. The highest BCUT2D eigenvalue weighted by Crippen LogP contribution is 2.28. The van der Waals surface area contributed by atoms with Crippen LogP contribution in [0.15, 0.2) is 34.2 Å². The van der Waals surface area contributed by atoms with Crippen molar-refractivity contribution in [2.24, 2.45) is 5.73 Å². The molecule has 3 atom stereocenters. The maximum atomic E-state index is 11.4. The molecule has 1 saturated heterocycles. The highest BCUT2D eigenvalue weighted by molar-refractivity contribution is 5.07. The second-order valence-corrected chi connectivity index (χ2v) is 3.51. The molecule has 16 heavy (non-hydrogen) atoms. The summed E-state index contributed by atoms with van der Waals surface area (Å²) in [5.74, 6) is 0.204. The van der Waals surface area contributed by atoms with Gasteiger partial charge in [0.25, 0.3) is 5.56 Å². The molecule has 1 aromatic rings. The fourth-order valence-corrected chi connectivity index (χ4v) is 1.52. The van der Waals surface area contributed by atoms with Gasteiger partial charge in [0.15, 0.2) is 0 Å². The lowest BCUT2D eigenvalue weighted by Crippen LogP contribution is -2.39.